The van der Waals surface area contributed by atoms with E-state index in [2.05, 4.69) is 10.6 Å². The number of aliphatic carboxylic acids is 2. The number of hydrogen-bond donors (Lipinski definition) is 6. The van der Waals surface area contributed by atoms with Crippen LogP contribution >= 0.6 is 0 Å². The summed E-state index contributed by atoms with van der Waals surface area (Å²) in [6.07, 6.45) is -0.236. The Morgan fingerprint density at radius 3 is 2.19 bits per heavy atom. The molecule has 1 aromatic carbocycles. The molecule has 1 rings (SSSR count). The van der Waals surface area contributed by atoms with Gasteiger partial charge in [-0.3, -0.25) is 19.8 Å². The highest BCUT2D eigenvalue weighted by atomic mass is 16.5. The van der Waals surface area contributed by atoms with E-state index in [1.165, 1.54) is 0 Å². The summed E-state index contributed by atoms with van der Waals surface area (Å²) in [7, 11) is 0. The lowest BCUT2D eigenvalue weighted by Gasteiger charge is -2.21. The Bertz CT molecular complexity index is 824. The fraction of sp³-hybridized carbons (Fsp3) is 0.476. The van der Waals surface area contributed by atoms with Crippen LogP contribution in [0.4, 0.5) is 0 Å². The molecule has 0 spiro atoms. The zero-order valence-electron chi connectivity index (χ0n) is 18.1. The summed E-state index contributed by atoms with van der Waals surface area (Å²) in [5.41, 5.74) is 5.93. The number of carboxylic acid groups (broad SMARTS) is 2. The van der Waals surface area contributed by atoms with Crippen LogP contribution in [0.5, 0.6) is 5.75 Å². The Kier molecular flexibility index (Phi) is 10.7. The molecule has 0 unspecified atom stereocenters. The molecule has 0 radical (unpaired) electrons. The van der Waals surface area contributed by atoms with Crippen LogP contribution in [0.25, 0.3) is 0 Å². The van der Waals surface area contributed by atoms with E-state index in [-0.39, 0.29) is 31.2 Å². The number of hydrogen-bond acceptors (Lipinski definition) is 6. The number of rotatable bonds is 14. The third kappa shape index (κ3) is 9.92. The van der Waals surface area contributed by atoms with Gasteiger partial charge in [-0.15, -0.1) is 0 Å². The van der Waals surface area contributed by atoms with E-state index in [0.29, 0.717) is 17.7 Å². The highest BCUT2D eigenvalue weighted by Gasteiger charge is 2.28. The molecule has 0 bridgehead atoms. The zero-order valence-corrected chi connectivity index (χ0v) is 18.1. The lowest BCUT2D eigenvalue weighted by atomic mass is 10.0. The van der Waals surface area contributed by atoms with E-state index in [0.717, 1.165) is 0 Å². The monoisotopic (exact) mass is 450 g/mol. The number of carbonyl (C=O) groups excluding carboxylic acids is 2. The van der Waals surface area contributed by atoms with E-state index in [1.807, 2.05) is 0 Å². The lowest BCUT2D eigenvalue weighted by molar-refractivity contribution is -0.143. The van der Waals surface area contributed by atoms with Crippen molar-refractivity contribution in [2.75, 3.05) is 6.61 Å². The van der Waals surface area contributed by atoms with Crippen molar-refractivity contribution in [2.24, 2.45) is 11.7 Å². The highest BCUT2D eigenvalue weighted by Crippen LogP contribution is 2.12. The quantitative estimate of drug-likeness (QED) is 0.135. The van der Waals surface area contributed by atoms with Gasteiger partial charge in [0.15, 0.2) is 0 Å². The molecule has 0 aromatic heterocycles. The third-order valence-electron chi connectivity index (χ3n) is 4.33. The minimum Gasteiger partial charge on any atom is -0.494 e. The van der Waals surface area contributed by atoms with E-state index < -0.39 is 42.3 Å². The Morgan fingerprint density at radius 1 is 1.06 bits per heavy atom. The summed E-state index contributed by atoms with van der Waals surface area (Å²) < 4.78 is 5.49. The maximum atomic E-state index is 12.4. The topological polar surface area (TPSA) is 192 Å². The van der Waals surface area contributed by atoms with Crippen LogP contribution in [-0.4, -0.2) is 58.5 Å². The minimum absolute atomic E-state index is 0.0115. The van der Waals surface area contributed by atoms with Gasteiger partial charge in [-0.25, -0.2) is 4.79 Å². The molecule has 0 fully saturated rings. The molecule has 7 N–H and O–H groups in total. The van der Waals surface area contributed by atoms with Crippen LogP contribution < -0.4 is 21.1 Å². The summed E-state index contributed by atoms with van der Waals surface area (Å²) in [6, 6.07) is 3.96. The van der Waals surface area contributed by atoms with E-state index in [9.17, 15) is 24.3 Å². The van der Waals surface area contributed by atoms with Crippen LogP contribution in [0.15, 0.2) is 24.3 Å². The first kappa shape index (κ1) is 26.4. The molecule has 0 heterocycles. The van der Waals surface area contributed by atoms with Gasteiger partial charge in [0.1, 0.15) is 23.7 Å². The molecule has 0 saturated heterocycles. The molecule has 0 aliphatic heterocycles. The van der Waals surface area contributed by atoms with Gasteiger partial charge in [0.05, 0.1) is 13.0 Å². The van der Waals surface area contributed by atoms with Gasteiger partial charge in [0, 0.05) is 12.0 Å². The minimum atomic E-state index is -1.39. The first-order valence-electron chi connectivity index (χ1n) is 10.1. The van der Waals surface area contributed by atoms with Crippen molar-refractivity contribution in [3.8, 4) is 5.75 Å². The highest BCUT2D eigenvalue weighted by molar-refractivity contribution is 5.95. The van der Waals surface area contributed by atoms with Gasteiger partial charge in [0.25, 0.3) is 0 Å². The summed E-state index contributed by atoms with van der Waals surface area (Å²) >= 11 is 0. The van der Waals surface area contributed by atoms with Crippen LogP contribution in [0.1, 0.15) is 45.1 Å². The Labute approximate surface area is 185 Å². The molecular formula is C21H30N4O7. The van der Waals surface area contributed by atoms with Crippen LogP contribution in [0, 0.1) is 11.3 Å². The number of carboxylic acids is 2. The van der Waals surface area contributed by atoms with Crippen molar-refractivity contribution in [3.63, 3.8) is 0 Å². The molecule has 176 valence electrons. The number of carbonyl (C=O) groups is 4. The van der Waals surface area contributed by atoms with Gasteiger partial charge in [0.2, 0.25) is 11.8 Å². The van der Waals surface area contributed by atoms with Gasteiger partial charge in [-0.1, -0.05) is 13.8 Å². The summed E-state index contributed by atoms with van der Waals surface area (Å²) in [5, 5.41) is 30.3. The van der Waals surface area contributed by atoms with Crippen molar-refractivity contribution in [1.29, 1.82) is 5.41 Å². The van der Waals surface area contributed by atoms with E-state index >= 15 is 0 Å². The van der Waals surface area contributed by atoms with Gasteiger partial charge in [-0.05, 0) is 43.0 Å². The largest absolute Gasteiger partial charge is 0.494 e. The number of benzene rings is 1. The first-order chi connectivity index (χ1) is 15.0. The molecule has 0 saturated carbocycles. The molecule has 11 heteroatoms. The number of nitrogen functional groups attached to an aromatic ring is 1. The predicted molar refractivity (Wildman–Crippen MR) is 115 cm³/mol. The summed E-state index contributed by atoms with van der Waals surface area (Å²) in [5.74, 6) is -3.51. The molecule has 32 heavy (non-hydrogen) atoms. The van der Waals surface area contributed by atoms with Crippen molar-refractivity contribution in [3.05, 3.63) is 29.8 Å². The van der Waals surface area contributed by atoms with Crippen molar-refractivity contribution in [1.82, 2.24) is 10.6 Å². The van der Waals surface area contributed by atoms with Gasteiger partial charge in [-0.2, -0.15) is 0 Å². The van der Waals surface area contributed by atoms with Crippen molar-refractivity contribution in [2.45, 2.75) is 51.6 Å². The van der Waals surface area contributed by atoms with E-state index in [1.54, 1.807) is 38.1 Å². The Hall–Kier alpha value is -3.63. The fourth-order valence-corrected chi connectivity index (χ4v) is 2.77. The normalized spacial score (nSPS) is 12.5. The predicted octanol–water partition coefficient (Wildman–Crippen LogP) is 0.705. The summed E-state index contributed by atoms with van der Waals surface area (Å²) in [6.45, 7) is 3.77. The molecule has 0 aliphatic carbocycles. The van der Waals surface area contributed by atoms with Crippen molar-refractivity contribution < 1.29 is 34.1 Å². The second-order valence-corrected chi connectivity index (χ2v) is 7.64. The van der Waals surface area contributed by atoms with Crippen LogP contribution in [0.2, 0.25) is 0 Å². The maximum absolute atomic E-state index is 12.4. The third-order valence-corrected chi connectivity index (χ3v) is 4.33. The average Bonchev–Trinajstić information content (AvgIpc) is 2.69. The Balaban J connectivity index is 2.56. The fourth-order valence-electron chi connectivity index (χ4n) is 2.77. The summed E-state index contributed by atoms with van der Waals surface area (Å²) in [4.78, 5) is 47.0. The Morgan fingerprint density at radius 2 is 1.69 bits per heavy atom. The van der Waals surface area contributed by atoms with Crippen molar-refractivity contribution >= 4 is 29.6 Å². The standard InChI is InChI=1S/C21H30N4O7/c1-12(2)10-16(21(30)31)25-20(29)15(11-18(27)28)24-17(26)4-3-9-32-14-7-5-13(6-8-14)19(22)23/h5-8,12,15-16H,3-4,9-11H2,1-2H3,(H3,22,23)(H,24,26)(H,25,29)(H,27,28)(H,30,31)/t15-,16-/m0/s1. The molecule has 1 aromatic rings. The smallest absolute Gasteiger partial charge is 0.326 e. The van der Waals surface area contributed by atoms with Gasteiger partial charge < -0.3 is 31.3 Å². The molecule has 2 atom stereocenters. The maximum Gasteiger partial charge on any atom is 0.326 e. The van der Waals surface area contributed by atoms with E-state index in [4.69, 9.17) is 21.0 Å². The van der Waals surface area contributed by atoms with Crippen LogP contribution in [0.3, 0.4) is 0 Å². The molecule has 0 aliphatic rings. The SMILES string of the molecule is CC(C)C[C@H](NC(=O)[C@H](CC(=O)O)NC(=O)CCCOc1ccc(C(=N)N)cc1)C(=O)O. The number of ether oxygens (including phenoxy) is 1. The molecule has 11 nitrogen and oxygen atoms in total. The zero-order chi connectivity index (χ0) is 24.3. The molecular weight excluding hydrogens is 420 g/mol. The second-order valence-electron chi connectivity index (χ2n) is 7.64. The number of nitrogens with two attached hydrogens (primary N) is 1. The average molecular weight is 450 g/mol. The molecule has 2 amide bonds. The number of amides is 2. The number of nitrogens with one attached hydrogen (secondary N) is 3. The lowest BCUT2D eigenvalue weighted by Crippen LogP contribution is -2.52. The van der Waals surface area contributed by atoms with Crippen LogP contribution in [-0.2, 0) is 19.2 Å². The van der Waals surface area contributed by atoms with Gasteiger partial charge >= 0.3 is 11.9 Å². The number of amidine groups is 1. The second kappa shape index (κ2) is 12.9. The first-order valence-corrected chi connectivity index (χ1v) is 10.1.